The van der Waals surface area contributed by atoms with E-state index in [0.717, 1.165) is 0 Å². The summed E-state index contributed by atoms with van der Waals surface area (Å²) >= 11 is 0. The molecule has 0 saturated carbocycles. The second-order valence-corrected chi connectivity index (χ2v) is 6.43. The maximum Gasteiger partial charge on any atom is 0.277 e. The summed E-state index contributed by atoms with van der Waals surface area (Å²) in [6, 6.07) is 12.1. The molecule has 0 fully saturated rings. The number of methoxy groups -OCH3 is 1. The molecule has 0 radical (unpaired) electrons. The number of rotatable bonds is 8. The molecule has 0 aromatic heterocycles. The van der Waals surface area contributed by atoms with Crippen LogP contribution in [0.1, 0.15) is 13.3 Å². The number of carbonyl (C=O) groups excluding carboxylic acids is 2. The van der Waals surface area contributed by atoms with E-state index in [4.69, 9.17) is 18.9 Å². The van der Waals surface area contributed by atoms with Crippen molar-refractivity contribution in [3.8, 4) is 23.0 Å². The van der Waals surface area contributed by atoms with Crippen LogP contribution in [0.3, 0.4) is 0 Å². The summed E-state index contributed by atoms with van der Waals surface area (Å²) in [6.07, 6.45) is 0.0193. The summed E-state index contributed by atoms with van der Waals surface area (Å²) in [4.78, 5) is 24.1. The van der Waals surface area contributed by atoms with Crippen molar-refractivity contribution in [2.75, 3.05) is 32.2 Å². The highest BCUT2D eigenvalue weighted by atomic mass is 16.6. The lowest BCUT2D eigenvalue weighted by molar-refractivity contribution is -0.123. The molecule has 3 rings (SSSR count). The van der Waals surface area contributed by atoms with Crippen LogP contribution in [0.15, 0.2) is 47.6 Å². The summed E-state index contributed by atoms with van der Waals surface area (Å²) in [7, 11) is 1.55. The number of anilines is 1. The van der Waals surface area contributed by atoms with E-state index < -0.39 is 5.91 Å². The van der Waals surface area contributed by atoms with E-state index in [1.54, 1.807) is 56.5 Å². The monoisotopic (exact) mass is 413 g/mol. The van der Waals surface area contributed by atoms with Gasteiger partial charge in [0.15, 0.2) is 18.1 Å². The average Bonchev–Trinajstić information content (AvgIpc) is 2.76. The highest BCUT2D eigenvalue weighted by Gasteiger charge is 2.13. The summed E-state index contributed by atoms with van der Waals surface area (Å²) < 4.78 is 21.4. The Labute approximate surface area is 174 Å². The van der Waals surface area contributed by atoms with Crippen LogP contribution in [-0.2, 0) is 9.59 Å². The van der Waals surface area contributed by atoms with Gasteiger partial charge in [0.2, 0.25) is 5.91 Å². The van der Waals surface area contributed by atoms with Crippen molar-refractivity contribution in [1.82, 2.24) is 5.43 Å². The van der Waals surface area contributed by atoms with Crippen LogP contribution in [0, 0.1) is 0 Å². The number of hydrogen-bond acceptors (Lipinski definition) is 7. The van der Waals surface area contributed by atoms with Gasteiger partial charge in [-0.15, -0.1) is 0 Å². The maximum absolute atomic E-state index is 12.2. The topological polar surface area (TPSA) is 107 Å². The number of fused-ring (bicyclic) bond motifs is 1. The number of amides is 2. The molecule has 2 N–H and O–H groups in total. The highest BCUT2D eigenvalue weighted by molar-refractivity contribution is 6.05. The Kier molecular flexibility index (Phi) is 7.09. The Bertz CT molecular complexity index is 944. The fourth-order valence-corrected chi connectivity index (χ4v) is 2.63. The van der Waals surface area contributed by atoms with Gasteiger partial charge >= 0.3 is 0 Å². The van der Waals surface area contributed by atoms with Crippen molar-refractivity contribution < 1.29 is 28.5 Å². The zero-order valence-corrected chi connectivity index (χ0v) is 16.8. The zero-order chi connectivity index (χ0) is 21.3. The summed E-state index contributed by atoms with van der Waals surface area (Å²) in [6.45, 7) is 2.40. The molecule has 0 bridgehead atoms. The number of benzene rings is 2. The van der Waals surface area contributed by atoms with Gasteiger partial charge in [0.25, 0.3) is 5.91 Å². The Hall–Kier alpha value is -3.75. The smallest absolute Gasteiger partial charge is 0.277 e. The molecule has 9 nitrogen and oxygen atoms in total. The van der Waals surface area contributed by atoms with Crippen molar-refractivity contribution in [2.24, 2.45) is 5.10 Å². The Morgan fingerprint density at radius 2 is 1.80 bits per heavy atom. The van der Waals surface area contributed by atoms with Gasteiger partial charge in [0.1, 0.15) is 24.7 Å². The lowest BCUT2D eigenvalue weighted by Gasteiger charge is -2.19. The molecule has 2 aromatic rings. The Balaban J connectivity index is 1.43. The molecule has 1 aliphatic rings. The first kappa shape index (κ1) is 21.0. The van der Waals surface area contributed by atoms with Crippen LogP contribution >= 0.6 is 0 Å². The van der Waals surface area contributed by atoms with Crippen molar-refractivity contribution in [3.63, 3.8) is 0 Å². The molecule has 0 saturated heterocycles. The number of nitrogens with one attached hydrogen (secondary N) is 2. The van der Waals surface area contributed by atoms with Gasteiger partial charge < -0.3 is 24.3 Å². The summed E-state index contributed by atoms with van der Waals surface area (Å²) in [5, 5.41) is 6.69. The van der Waals surface area contributed by atoms with Crippen LogP contribution < -0.4 is 29.7 Å². The SMILES string of the molecule is COc1cccc(OCC(=O)N/N=C(\C)CC(=O)Nc2ccc3c(c2)OCCO3)c1. The summed E-state index contributed by atoms with van der Waals surface area (Å²) in [5.41, 5.74) is 3.40. The van der Waals surface area contributed by atoms with Crippen molar-refractivity contribution >= 4 is 23.2 Å². The molecule has 2 aromatic carbocycles. The zero-order valence-electron chi connectivity index (χ0n) is 16.8. The average molecular weight is 413 g/mol. The first-order chi connectivity index (χ1) is 14.5. The van der Waals surface area contributed by atoms with Gasteiger partial charge in [0, 0.05) is 23.5 Å². The molecule has 9 heteroatoms. The molecular weight excluding hydrogens is 390 g/mol. The third-order valence-electron chi connectivity index (χ3n) is 4.02. The molecular formula is C21H23N3O6. The fourth-order valence-electron chi connectivity index (χ4n) is 2.63. The molecule has 158 valence electrons. The van der Waals surface area contributed by atoms with E-state index >= 15 is 0 Å². The minimum atomic E-state index is -0.440. The fraction of sp³-hybridized carbons (Fsp3) is 0.286. The van der Waals surface area contributed by atoms with Crippen LogP contribution in [0.4, 0.5) is 5.69 Å². The van der Waals surface area contributed by atoms with Gasteiger partial charge in [-0.2, -0.15) is 5.10 Å². The summed E-state index contributed by atoms with van der Waals surface area (Å²) in [5.74, 6) is 1.66. The molecule has 30 heavy (non-hydrogen) atoms. The molecule has 0 unspecified atom stereocenters. The number of hydrazone groups is 1. The van der Waals surface area contributed by atoms with Crippen molar-refractivity contribution in [2.45, 2.75) is 13.3 Å². The van der Waals surface area contributed by atoms with Gasteiger partial charge in [-0.1, -0.05) is 6.07 Å². The third kappa shape index (κ3) is 6.13. The standard InChI is InChI=1S/C21H23N3O6/c1-14(23-24-21(26)13-30-17-5-3-4-16(12-17)27-2)10-20(25)22-15-6-7-18-19(11-15)29-9-8-28-18/h3-7,11-12H,8-10,13H2,1-2H3,(H,22,25)(H,24,26)/b23-14+. The van der Waals surface area contributed by atoms with Gasteiger partial charge in [0.05, 0.1) is 13.5 Å². The van der Waals surface area contributed by atoms with E-state index in [1.807, 2.05) is 0 Å². The van der Waals surface area contributed by atoms with Crippen LogP contribution in [0.5, 0.6) is 23.0 Å². The molecule has 0 aliphatic carbocycles. The van der Waals surface area contributed by atoms with E-state index in [9.17, 15) is 9.59 Å². The Morgan fingerprint density at radius 3 is 2.60 bits per heavy atom. The molecule has 0 spiro atoms. The normalized spacial score (nSPS) is 12.7. The number of hydrogen-bond donors (Lipinski definition) is 2. The van der Waals surface area contributed by atoms with Crippen molar-refractivity contribution in [1.29, 1.82) is 0 Å². The van der Waals surface area contributed by atoms with Gasteiger partial charge in [-0.25, -0.2) is 5.43 Å². The predicted octanol–water partition coefficient (Wildman–Crippen LogP) is 2.37. The first-order valence-electron chi connectivity index (χ1n) is 9.32. The highest BCUT2D eigenvalue weighted by Crippen LogP contribution is 2.32. The number of carbonyl (C=O) groups is 2. The maximum atomic E-state index is 12.2. The van der Waals surface area contributed by atoms with Crippen molar-refractivity contribution in [3.05, 3.63) is 42.5 Å². The van der Waals surface area contributed by atoms with Crippen LogP contribution in [-0.4, -0.2) is 44.5 Å². The molecule has 2 amide bonds. The minimum Gasteiger partial charge on any atom is -0.497 e. The molecule has 1 aliphatic heterocycles. The minimum absolute atomic E-state index is 0.0193. The van der Waals surface area contributed by atoms with E-state index in [0.29, 0.717) is 47.6 Å². The number of nitrogens with zero attached hydrogens (tertiary/aromatic N) is 1. The second-order valence-electron chi connectivity index (χ2n) is 6.43. The largest absolute Gasteiger partial charge is 0.497 e. The van der Waals surface area contributed by atoms with E-state index in [1.165, 1.54) is 0 Å². The second kappa shape index (κ2) is 10.1. The predicted molar refractivity (Wildman–Crippen MR) is 110 cm³/mol. The van der Waals surface area contributed by atoms with E-state index in [2.05, 4.69) is 15.8 Å². The van der Waals surface area contributed by atoms with Gasteiger partial charge in [-0.3, -0.25) is 9.59 Å². The van der Waals surface area contributed by atoms with E-state index in [-0.39, 0.29) is 18.9 Å². The lowest BCUT2D eigenvalue weighted by Crippen LogP contribution is -2.26. The quantitative estimate of drug-likeness (QED) is 0.508. The van der Waals surface area contributed by atoms with Gasteiger partial charge in [-0.05, 0) is 31.2 Å². The molecule has 1 heterocycles. The molecule has 0 atom stereocenters. The first-order valence-corrected chi connectivity index (χ1v) is 9.32. The number of ether oxygens (including phenoxy) is 4. The van der Waals surface area contributed by atoms with Crippen LogP contribution in [0.2, 0.25) is 0 Å². The third-order valence-corrected chi connectivity index (χ3v) is 4.02. The lowest BCUT2D eigenvalue weighted by atomic mass is 10.2. The van der Waals surface area contributed by atoms with Crippen LogP contribution in [0.25, 0.3) is 0 Å². The Morgan fingerprint density at radius 1 is 1.03 bits per heavy atom.